The molecule has 17 heavy (non-hydrogen) atoms. The Kier molecular flexibility index (Phi) is 3.33. The molecule has 1 N–H and O–H groups in total. The first kappa shape index (κ1) is 11.5. The summed E-state index contributed by atoms with van der Waals surface area (Å²) in [5.74, 6) is 1.07. The van der Waals surface area contributed by atoms with E-state index in [9.17, 15) is 0 Å². The van der Waals surface area contributed by atoms with Gasteiger partial charge in [-0.3, -0.25) is 0 Å². The second-order valence-corrected chi connectivity index (χ2v) is 3.46. The highest BCUT2D eigenvalue weighted by Crippen LogP contribution is 2.11. The van der Waals surface area contributed by atoms with Gasteiger partial charge in [-0.2, -0.15) is 15.0 Å². The van der Waals surface area contributed by atoms with Gasteiger partial charge in [-0.05, 0) is 11.6 Å². The third-order valence-corrected chi connectivity index (χ3v) is 2.15. The van der Waals surface area contributed by atoms with Gasteiger partial charge in [0.25, 0.3) is 0 Å². The number of nitrogens with one attached hydrogen (secondary N) is 1. The fourth-order valence-electron chi connectivity index (χ4n) is 1.13. The smallest absolute Gasteiger partial charge is 0.322 e. The molecule has 0 atom stereocenters. The molecule has 0 fully saturated rings. The second-order valence-electron chi connectivity index (χ2n) is 3.13. The number of nitrogens with zero attached hydrogens (tertiary/aromatic N) is 6. The Hall–Kier alpha value is -1.96. The summed E-state index contributed by atoms with van der Waals surface area (Å²) in [6.45, 7) is 0.431. The molecule has 2 aromatic rings. The minimum absolute atomic E-state index is 0.0670. The molecule has 0 spiro atoms. The van der Waals surface area contributed by atoms with E-state index in [-0.39, 0.29) is 11.3 Å². The molecule has 0 unspecified atom stereocenters. The first-order valence-electron chi connectivity index (χ1n) is 4.71. The summed E-state index contributed by atoms with van der Waals surface area (Å²) < 4.78 is 6.66. The fraction of sp³-hybridized carbons (Fsp3) is 0.375. The number of methoxy groups -OCH3 is 1. The number of hydrogen-bond donors (Lipinski definition) is 1. The van der Waals surface area contributed by atoms with E-state index >= 15 is 0 Å². The van der Waals surface area contributed by atoms with E-state index in [2.05, 4.69) is 30.5 Å². The molecule has 0 amide bonds. The molecule has 2 rings (SSSR count). The Bertz CT molecular complexity index is 514. The van der Waals surface area contributed by atoms with Gasteiger partial charge >= 0.3 is 6.01 Å². The van der Waals surface area contributed by atoms with Gasteiger partial charge in [0, 0.05) is 7.05 Å². The lowest BCUT2D eigenvalue weighted by atomic mass is 10.6. The third kappa shape index (κ3) is 2.78. The lowest BCUT2D eigenvalue weighted by molar-refractivity contribution is 0.379. The average molecular weight is 256 g/mol. The van der Waals surface area contributed by atoms with Crippen LogP contribution in [0.1, 0.15) is 5.82 Å². The Morgan fingerprint density at radius 2 is 2.24 bits per heavy atom. The van der Waals surface area contributed by atoms with Crippen LogP contribution in [0.2, 0.25) is 5.28 Å². The summed E-state index contributed by atoms with van der Waals surface area (Å²) in [6, 6.07) is 0.158. The third-order valence-electron chi connectivity index (χ3n) is 1.98. The Morgan fingerprint density at radius 1 is 1.41 bits per heavy atom. The molecular weight excluding hydrogens is 246 g/mol. The molecule has 90 valence electrons. The molecular formula is C8H10ClN7O. The van der Waals surface area contributed by atoms with Crippen LogP contribution in [-0.4, -0.2) is 36.8 Å². The van der Waals surface area contributed by atoms with Crippen molar-refractivity contribution in [2.45, 2.75) is 6.54 Å². The van der Waals surface area contributed by atoms with E-state index in [1.165, 1.54) is 7.11 Å². The van der Waals surface area contributed by atoms with Crippen LogP contribution in [0.3, 0.4) is 0 Å². The maximum Gasteiger partial charge on any atom is 0.322 e. The van der Waals surface area contributed by atoms with Gasteiger partial charge in [0.15, 0.2) is 5.82 Å². The minimum atomic E-state index is 0.0670. The van der Waals surface area contributed by atoms with Gasteiger partial charge in [-0.15, -0.1) is 10.2 Å². The van der Waals surface area contributed by atoms with Crippen LogP contribution < -0.4 is 10.1 Å². The first-order valence-corrected chi connectivity index (χ1v) is 5.09. The van der Waals surface area contributed by atoms with Crippen molar-refractivity contribution in [1.29, 1.82) is 0 Å². The van der Waals surface area contributed by atoms with Crippen molar-refractivity contribution in [1.82, 2.24) is 29.7 Å². The standard InChI is InChI=1S/C8H10ClN7O/c1-16-4-11-15-5(16)3-10-7-12-6(9)13-8(14-7)17-2/h4H,3H2,1-2H3,(H,10,12,13,14). The molecule has 8 nitrogen and oxygen atoms in total. The van der Waals surface area contributed by atoms with Crippen LogP contribution in [0.4, 0.5) is 5.95 Å². The number of aromatic nitrogens is 6. The van der Waals surface area contributed by atoms with Crippen LogP contribution in [0.5, 0.6) is 6.01 Å². The Labute approximate surface area is 102 Å². The Morgan fingerprint density at radius 3 is 2.88 bits per heavy atom. The quantitative estimate of drug-likeness (QED) is 0.839. The van der Waals surface area contributed by atoms with Crippen LogP contribution in [0, 0.1) is 0 Å². The average Bonchev–Trinajstić information content (AvgIpc) is 2.71. The monoisotopic (exact) mass is 255 g/mol. The molecule has 0 bridgehead atoms. The highest BCUT2D eigenvalue weighted by atomic mass is 35.5. The van der Waals surface area contributed by atoms with E-state index in [1.54, 1.807) is 10.9 Å². The number of halogens is 1. The van der Waals surface area contributed by atoms with E-state index in [1.807, 2.05) is 7.05 Å². The maximum atomic E-state index is 5.71. The molecule has 0 aliphatic rings. The van der Waals surface area contributed by atoms with E-state index in [4.69, 9.17) is 16.3 Å². The zero-order chi connectivity index (χ0) is 12.3. The maximum absolute atomic E-state index is 5.71. The number of anilines is 1. The summed E-state index contributed by atoms with van der Waals surface area (Å²) >= 11 is 5.71. The zero-order valence-electron chi connectivity index (χ0n) is 9.25. The van der Waals surface area contributed by atoms with E-state index in [0.29, 0.717) is 12.5 Å². The van der Waals surface area contributed by atoms with Crippen LogP contribution in [-0.2, 0) is 13.6 Å². The molecule has 0 aliphatic heterocycles. The predicted molar refractivity (Wildman–Crippen MR) is 59.7 cm³/mol. The van der Waals surface area contributed by atoms with E-state index in [0.717, 1.165) is 5.82 Å². The van der Waals surface area contributed by atoms with Crippen molar-refractivity contribution in [3.05, 3.63) is 17.4 Å². The summed E-state index contributed by atoms with van der Waals surface area (Å²) in [6.07, 6.45) is 1.61. The van der Waals surface area contributed by atoms with Crippen LogP contribution in [0.15, 0.2) is 6.33 Å². The van der Waals surface area contributed by atoms with Gasteiger partial charge < -0.3 is 14.6 Å². The summed E-state index contributed by atoms with van der Waals surface area (Å²) in [7, 11) is 3.30. The van der Waals surface area contributed by atoms with Crippen molar-refractivity contribution >= 4 is 17.5 Å². The van der Waals surface area contributed by atoms with Gasteiger partial charge in [0.2, 0.25) is 11.2 Å². The van der Waals surface area contributed by atoms with Crippen molar-refractivity contribution in [2.24, 2.45) is 7.05 Å². The number of hydrogen-bond acceptors (Lipinski definition) is 7. The zero-order valence-corrected chi connectivity index (χ0v) is 10.0. The first-order chi connectivity index (χ1) is 8.19. The van der Waals surface area contributed by atoms with Gasteiger partial charge in [0.05, 0.1) is 13.7 Å². The number of aryl methyl sites for hydroxylation is 1. The topological polar surface area (TPSA) is 90.6 Å². The van der Waals surface area contributed by atoms with Gasteiger partial charge in [0.1, 0.15) is 6.33 Å². The molecule has 9 heteroatoms. The van der Waals surface area contributed by atoms with Crippen molar-refractivity contribution in [3.63, 3.8) is 0 Å². The number of ether oxygens (including phenoxy) is 1. The number of rotatable bonds is 4. The largest absolute Gasteiger partial charge is 0.467 e. The predicted octanol–water partition coefficient (Wildman–Crippen LogP) is 0.274. The molecule has 0 aromatic carbocycles. The normalized spacial score (nSPS) is 10.3. The molecule has 0 radical (unpaired) electrons. The molecule has 0 saturated carbocycles. The van der Waals surface area contributed by atoms with Gasteiger partial charge in [-0.25, -0.2) is 0 Å². The van der Waals surface area contributed by atoms with Crippen LogP contribution >= 0.6 is 11.6 Å². The second kappa shape index (κ2) is 4.91. The SMILES string of the molecule is COc1nc(Cl)nc(NCc2nncn2C)n1. The lowest BCUT2D eigenvalue weighted by Gasteiger charge is -2.05. The Balaban J connectivity index is 2.09. The van der Waals surface area contributed by atoms with Crippen molar-refractivity contribution in [2.75, 3.05) is 12.4 Å². The molecule has 0 aliphatic carbocycles. The van der Waals surface area contributed by atoms with Crippen molar-refractivity contribution in [3.8, 4) is 6.01 Å². The minimum Gasteiger partial charge on any atom is -0.467 e. The molecule has 0 saturated heterocycles. The fourth-order valence-corrected chi connectivity index (χ4v) is 1.28. The van der Waals surface area contributed by atoms with E-state index < -0.39 is 0 Å². The summed E-state index contributed by atoms with van der Waals surface area (Å²) in [5, 5.41) is 10.7. The summed E-state index contributed by atoms with van der Waals surface area (Å²) in [5.41, 5.74) is 0. The summed E-state index contributed by atoms with van der Waals surface area (Å²) in [4.78, 5) is 11.7. The highest BCUT2D eigenvalue weighted by Gasteiger charge is 2.06. The molecule has 2 heterocycles. The van der Waals surface area contributed by atoms with Gasteiger partial charge in [-0.1, -0.05) is 0 Å². The highest BCUT2D eigenvalue weighted by molar-refractivity contribution is 6.28. The lowest BCUT2D eigenvalue weighted by Crippen LogP contribution is -2.09. The van der Waals surface area contributed by atoms with Crippen molar-refractivity contribution < 1.29 is 4.74 Å². The van der Waals surface area contributed by atoms with Crippen LogP contribution in [0.25, 0.3) is 0 Å². The molecule has 2 aromatic heterocycles.